The number of imidazole rings is 1. The number of carboxylic acids is 1. The molecule has 0 aliphatic rings. The zero-order chi connectivity index (χ0) is 19.3. The topological polar surface area (TPSA) is 83.8 Å². The van der Waals surface area contributed by atoms with Gasteiger partial charge in [0.05, 0.1) is 22.2 Å². The van der Waals surface area contributed by atoms with Gasteiger partial charge in [0, 0.05) is 29.8 Å². The van der Waals surface area contributed by atoms with Crippen molar-refractivity contribution in [2.75, 3.05) is 0 Å². The first-order chi connectivity index (χ1) is 13.6. The highest BCUT2D eigenvalue weighted by Crippen LogP contribution is 2.33. The minimum atomic E-state index is -1.05. The molecule has 3 heterocycles. The van der Waals surface area contributed by atoms with Gasteiger partial charge in [-0.1, -0.05) is 30.3 Å². The van der Waals surface area contributed by atoms with E-state index in [-0.39, 0.29) is 5.69 Å². The van der Waals surface area contributed by atoms with E-state index in [1.807, 2.05) is 49.6 Å². The molecule has 0 saturated heterocycles. The summed E-state index contributed by atoms with van der Waals surface area (Å²) in [5.41, 5.74) is 5.21. The van der Waals surface area contributed by atoms with Gasteiger partial charge in [-0.2, -0.15) is 0 Å². The summed E-state index contributed by atoms with van der Waals surface area (Å²) in [7, 11) is 1.98. The number of H-pyrrole nitrogens is 1. The number of carboxylic acid groups (broad SMARTS) is 1. The standard InChI is InChI=1S/C22H16N4O2/c1-26-18-10-3-6-14(16-8-4-9-17(24-16)22(27)28)20(18)25-21(26)15-7-2-5-13-11-12-23-19(13)15/h2-12,23H,1H3,(H,27,28). The SMILES string of the molecule is Cn1c(-c2cccc3cc[nH]c23)nc2c(-c3cccc(C(=O)O)n3)cccc21. The third-order valence-electron chi connectivity index (χ3n) is 4.98. The zero-order valence-corrected chi connectivity index (χ0v) is 15.0. The molecule has 0 aliphatic heterocycles. The Balaban J connectivity index is 1.77. The monoisotopic (exact) mass is 368 g/mol. The summed E-state index contributed by atoms with van der Waals surface area (Å²) in [6, 6.07) is 19.0. The molecule has 0 saturated carbocycles. The van der Waals surface area contributed by atoms with E-state index in [4.69, 9.17) is 4.98 Å². The highest BCUT2D eigenvalue weighted by molar-refractivity contribution is 5.98. The van der Waals surface area contributed by atoms with Crippen LogP contribution in [0.5, 0.6) is 0 Å². The van der Waals surface area contributed by atoms with Gasteiger partial charge in [-0.15, -0.1) is 0 Å². The molecular weight excluding hydrogens is 352 g/mol. The summed E-state index contributed by atoms with van der Waals surface area (Å²) in [6.07, 6.45) is 1.92. The lowest BCUT2D eigenvalue weighted by molar-refractivity contribution is 0.0690. The van der Waals surface area contributed by atoms with Gasteiger partial charge in [0.2, 0.25) is 0 Å². The van der Waals surface area contributed by atoms with E-state index in [1.54, 1.807) is 12.1 Å². The fraction of sp³-hybridized carbons (Fsp3) is 0.0455. The molecule has 0 atom stereocenters. The van der Waals surface area contributed by atoms with E-state index in [0.29, 0.717) is 5.69 Å². The van der Waals surface area contributed by atoms with Crippen molar-refractivity contribution >= 4 is 27.9 Å². The van der Waals surface area contributed by atoms with E-state index in [2.05, 4.69) is 20.6 Å². The van der Waals surface area contributed by atoms with Crippen LogP contribution in [0.4, 0.5) is 0 Å². The van der Waals surface area contributed by atoms with Gasteiger partial charge in [0.25, 0.3) is 0 Å². The molecule has 5 rings (SSSR count). The lowest BCUT2D eigenvalue weighted by Gasteiger charge is -2.04. The Bertz CT molecular complexity index is 1360. The van der Waals surface area contributed by atoms with Gasteiger partial charge in [-0.25, -0.2) is 14.8 Å². The average molecular weight is 368 g/mol. The molecular formula is C22H16N4O2. The lowest BCUT2D eigenvalue weighted by Crippen LogP contribution is -2.00. The number of carbonyl (C=O) groups is 1. The fourth-order valence-electron chi connectivity index (χ4n) is 3.64. The third-order valence-corrected chi connectivity index (χ3v) is 4.98. The van der Waals surface area contributed by atoms with Crippen LogP contribution in [-0.4, -0.2) is 30.6 Å². The van der Waals surface area contributed by atoms with E-state index in [0.717, 1.165) is 38.9 Å². The minimum Gasteiger partial charge on any atom is -0.477 e. The summed E-state index contributed by atoms with van der Waals surface area (Å²) >= 11 is 0. The third kappa shape index (κ3) is 2.39. The van der Waals surface area contributed by atoms with Crippen molar-refractivity contribution in [3.8, 4) is 22.6 Å². The van der Waals surface area contributed by atoms with Crippen LogP contribution in [0.2, 0.25) is 0 Å². The number of rotatable bonds is 3. The number of benzene rings is 2. The van der Waals surface area contributed by atoms with E-state index >= 15 is 0 Å². The Morgan fingerprint density at radius 1 is 0.964 bits per heavy atom. The highest BCUT2D eigenvalue weighted by Gasteiger charge is 2.17. The summed E-state index contributed by atoms with van der Waals surface area (Å²) < 4.78 is 2.05. The van der Waals surface area contributed by atoms with Crippen LogP contribution in [0.15, 0.2) is 66.9 Å². The molecule has 2 aromatic carbocycles. The molecule has 136 valence electrons. The molecule has 6 nitrogen and oxygen atoms in total. The maximum Gasteiger partial charge on any atom is 0.354 e. The summed E-state index contributed by atoms with van der Waals surface area (Å²) in [6.45, 7) is 0. The predicted octanol–water partition coefficient (Wildman–Crippen LogP) is 4.48. The molecule has 0 spiro atoms. The number of pyridine rings is 1. The summed E-state index contributed by atoms with van der Waals surface area (Å²) in [5.74, 6) is -0.209. The van der Waals surface area contributed by atoms with Gasteiger partial charge in [0.1, 0.15) is 11.5 Å². The van der Waals surface area contributed by atoms with Crippen LogP contribution in [0.3, 0.4) is 0 Å². The van der Waals surface area contributed by atoms with Crippen LogP contribution < -0.4 is 0 Å². The number of para-hydroxylation sites is 2. The molecule has 0 amide bonds. The number of aromatic amines is 1. The fourth-order valence-corrected chi connectivity index (χ4v) is 3.64. The summed E-state index contributed by atoms with van der Waals surface area (Å²) in [5, 5.41) is 10.4. The van der Waals surface area contributed by atoms with Crippen LogP contribution in [0.25, 0.3) is 44.6 Å². The number of fused-ring (bicyclic) bond motifs is 2. The molecule has 6 heteroatoms. The maximum atomic E-state index is 11.3. The van der Waals surface area contributed by atoms with E-state index < -0.39 is 5.97 Å². The van der Waals surface area contributed by atoms with Crippen molar-refractivity contribution in [3.05, 3.63) is 72.6 Å². The molecule has 0 bridgehead atoms. The van der Waals surface area contributed by atoms with Gasteiger partial charge < -0.3 is 14.7 Å². The van der Waals surface area contributed by atoms with Gasteiger partial charge in [-0.05, 0) is 30.3 Å². The smallest absolute Gasteiger partial charge is 0.354 e. The van der Waals surface area contributed by atoms with Crippen molar-refractivity contribution in [3.63, 3.8) is 0 Å². The van der Waals surface area contributed by atoms with Crippen molar-refractivity contribution < 1.29 is 9.90 Å². The second kappa shape index (κ2) is 6.06. The highest BCUT2D eigenvalue weighted by atomic mass is 16.4. The number of aryl methyl sites for hydroxylation is 1. The number of nitrogens with zero attached hydrogens (tertiary/aromatic N) is 3. The van der Waals surface area contributed by atoms with Crippen molar-refractivity contribution in [1.82, 2.24) is 19.5 Å². The number of hydrogen-bond acceptors (Lipinski definition) is 3. The summed E-state index contributed by atoms with van der Waals surface area (Å²) in [4.78, 5) is 23.8. The number of aromatic nitrogens is 4. The quantitative estimate of drug-likeness (QED) is 0.492. The molecule has 0 aliphatic carbocycles. The van der Waals surface area contributed by atoms with Crippen molar-refractivity contribution in [1.29, 1.82) is 0 Å². The molecule has 2 N–H and O–H groups in total. The van der Waals surface area contributed by atoms with Crippen LogP contribution in [0.1, 0.15) is 10.5 Å². The first-order valence-electron chi connectivity index (χ1n) is 8.86. The van der Waals surface area contributed by atoms with Gasteiger partial charge >= 0.3 is 5.97 Å². The minimum absolute atomic E-state index is 0.0156. The molecule has 0 radical (unpaired) electrons. The Hall–Kier alpha value is -3.93. The van der Waals surface area contributed by atoms with E-state index in [1.165, 1.54) is 6.07 Å². The molecule has 5 aromatic rings. The largest absolute Gasteiger partial charge is 0.477 e. The average Bonchev–Trinajstić information content (AvgIpc) is 3.32. The second-order valence-corrected chi connectivity index (χ2v) is 6.63. The Labute approximate surface area is 160 Å². The Morgan fingerprint density at radius 2 is 1.75 bits per heavy atom. The van der Waals surface area contributed by atoms with Crippen molar-refractivity contribution in [2.45, 2.75) is 0 Å². The van der Waals surface area contributed by atoms with Crippen molar-refractivity contribution in [2.24, 2.45) is 7.05 Å². The second-order valence-electron chi connectivity index (χ2n) is 6.63. The molecule has 0 unspecified atom stereocenters. The first kappa shape index (κ1) is 16.3. The van der Waals surface area contributed by atoms with Crippen LogP contribution in [0, 0.1) is 0 Å². The number of nitrogens with one attached hydrogen (secondary N) is 1. The van der Waals surface area contributed by atoms with Crippen LogP contribution in [-0.2, 0) is 7.05 Å². The Morgan fingerprint density at radius 3 is 2.61 bits per heavy atom. The van der Waals surface area contributed by atoms with Crippen LogP contribution >= 0.6 is 0 Å². The molecule has 0 fully saturated rings. The Kier molecular flexibility index (Phi) is 3.52. The number of hydrogen-bond donors (Lipinski definition) is 2. The zero-order valence-electron chi connectivity index (χ0n) is 15.0. The lowest BCUT2D eigenvalue weighted by atomic mass is 10.1. The first-order valence-corrected chi connectivity index (χ1v) is 8.86. The molecule has 28 heavy (non-hydrogen) atoms. The van der Waals surface area contributed by atoms with Gasteiger partial charge in [0.15, 0.2) is 0 Å². The van der Waals surface area contributed by atoms with Gasteiger partial charge in [-0.3, -0.25) is 0 Å². The normalized spacial score (nSPS) is 11.3. The van der Waals surface area contributed by atoms with E-state index in [9.17, 15) is 9.90 Å². The maximum absolute atomic E-state index is 11.3. The predicted molar refractivity (Wildman–Crippen MR) is 108 cm³/mol. The number of aromatic carboxylic acids is 1. The molecule has 3 aromatic heterocycles.